The van der Waals surface area contributed by atoms with Gasteiger partial charge in [-0.05, 0) is 37.3 Å². The zero-order chi connectivity index (χ0) is 12.3. The molecule has 0 nitrogen and oxygen atoms in total. The van der Waals surface area contributed by atoms with Crippen LogP contribution in [0.15, 0.2) is 18.2 Å². The molecule has 17 heavy (non-hydrogen) atoms. The molecule has 0 radical (unpaired) electrons. The van der Waals surface area contributed by atoms with Gasteiger partial charge in [0.2, 0.25) is 0 Å². The highest BCUT2D eigenvalue weighted by Gasteiger charge is 2.23. The van der Waals surface area contributed by atoms with Gasteiger partial charge in [0, 0.05) is 10.4 Å². The Bertz CT molecular complexity index is 352. The lowest BCUT2D eigenvalue weighted by atomic mass is 9.85. The second kappa shape index (κ2) is 5.94. The number of rotatable bonds is 3. The van der Waals surface area contributed by atoms with E-state index in [0.717, 1.165) is 0 Å². The van der Waals surface area contributed by atoms with Crippen molar-refractivity contribution >= 4 is 15.9 Å². The summed E-state index contributed by atoms with van der Waals surface area (Å²) in [6.07, 6.45) is 6.57. The number of hydrogen-bond donors (Lipinski definition) is 0. The highest BCUT2D eigenvalue weighted by atomic mass is 79.9. The fraction of sp³-hybridized carbons (Fsp3) is 0.571. The lowest BCUT2D eigenvalue weighted by Crippen LogP contribution is -2.20. The first-order chi connectivity index (χ1) is 8.18. The van der Waals surface area contributed by atoms with Gasteiger partial charge in [0.1, 0.15) is 11.6 Å². The molecule has 2 rings (SSSR count). The van der Waals surface area contributed by atoms with Crippen LogP contribution in [0.4, 0.5) is 8.78 Å². The van der Waals surface area contributed by atoms with Gasteiger partial charge in [-0.25, -0.2) is 8.78 Å². The smallest absolute Gasteiger partial charge is 0.129 e. The molecule has 0 spiro atoms. The van der Waals surface area contributed by atoms with Crippen molar-refractivity contribution in [1.29, 1.82) is 0 Å². The van der Waals surface area contributed by atoms with Crippen molar-refractivity contribution in [2.75, 3.05) is 0 Å². The summed E-state index contributed by atoms with van der Waals surface area (Å²) in [6, 6.07) is 4.08. The molecular weight excluding hydrogens is 286 g/mol. The summed E-state index contributed by atoms with van der Waals surface area (Å²) in [5, 5.41) is 0. The molecule has 1 unspecified atom stereocenters. The van der Waals surface area contributed by atoms with Crippen molar-refractivity contribution in [1.82, 2.24) is 0 Å². The minimum Gasteiger partial charge on any atom is -0.207 e. The van der Waals surface area contributed by atoms with E-state index >= 15 is 0 Å². The van der Waals surface area contributed by atoms with Crippen LogP contribution in [0.2, 0.25) is 0 Å². The molecule has 94 valence electrons. The van der Waals surface area contributed by atoms with E-state index in [1.165, 1.54) is 50.3 Å². The second-order valence-corrected chi connectivity index (χ2v) is 5.99. The van der Waals surface area contributed by atoms with Gasteiger partial charge >= 0.3 is 0 Å². The zero-order valence-electron chi connectivity index (χ0n) is 9.76. The molecule has 1 atom stereocenters. The summed E-state index contributed by atoms with van der Waals surface area (Å²) < 4.78 is 27.0. The number of benzene rings is 1. The third kappa shape index (κ3) is 3.27. The summed E-state index contributed by atoms with van der Waals surface area (Å²) in [7, 11) is 0. The Morgan fingerprint density at radius 1 is 1.12 bits per heavy atom. The fourth-order valence-electron chi connectivity index (χ4n) is 2.58. The fourth-order valence-corrected chi connectivity index (χ4v) is 3.44. The summed E-state index contributed by atoms with van der Waals surface area (Å²) in [6.45, 7) is 0. The number of hydrogen-bond acceptors (Lipinski definition) is 0. The van der Waals surface area contributed by atoms with Crippen molar-refractivity contribution in [3.05, 3.63) is 35.4 Å². The summed E-state index contributed by atoms with van der Waals surface area (Å²) in [4.78, 5) is 0.189. The largest absolute Gasteiger partial charge is 0.207 e. The molecule has 0 aliphatic heterocycles. The number of alkyl halides is 1. The highest BCUT2D eigenvalue weighted by Crippen LogP contribution is 2.32. The van der Waals surface area contributed by atoms with Crippen LogP contribution in [0.25, 0.3) is 0 Å². The average molecular weight is 303 g/mol. The standard InChI is InChI=1S/C14H17BrF2/c15-12(10-5-2-1-3-6-10)9-11-13(16)7-4-8-14(11)17/h4,7-8,10,12H,1-3,5-6,9H2. The van der Waals surface area contributed by atoms with E-state index in [-0.39, 0.29) is 10.4 Å². The topological polar surface area (TPSA) is 0 Å². The summed E-state index contributed by atoms with van der Waals surface area (Å²) >= 11 is 3.61. The third-order valence-electron chi connectivity index (χ3n) is 3.62. The first kappa shape index (κ1) is 13.0. The molecular formula is C14H17BrF2. The van der Waals surface area contributed by atoms with Crippen LogP contribution in [0.3, 0.4) is 0 Å². The van der Waals surface area contributed by atoms with Crippen LogP contribution < -0.4 is 0 Å². The van der Waals surface area contributed by atoms with Gasteiger partial charge in [-0.2, -0.15) is 0 Å². The molecule has 0 aromatic heterocycles. The Kier molecular flexibility index (Phi) is 4.55. The Labute approximate surface area is 110 Å². The van der Waals surface area contributed by atoms with Gasteiger partial charge in [0.05, 0.1) is 0 Å². The molecule has 1 saturated carbocycles. The predicted octanol–water partition coefficient (Wildman–Crippen LogP) is 4.85. The van der Waals surface area contributed by atoms with E-state index in [2.05, 4.69) is 15.9 Å². The van der Waals surface area contributed by atoms with Crippen molar-refractivity contribution < 1.29 is 8.78 Å². The Morgan fingerprint density at radius 3 is 2.29 bits per heavy atom. The highest BCUT2D eigenvalue weighted by molar-refractivity contribution is 9.09. The molecule has 0 amide bonds. The molecule has 0 N–H and O–H groups in total. The van der Waals surface area contributed by atoms with Crippen molar-refractivity contribution in [2.45, 2.75) is 43.4 Å². The quantitative estimate of drug-likeness (QED) is 0.700. The zero-order valence-corrected chi connectivity index (χ0v) is 11.3. The third-order valence-corrected chi connectivity index (χ3v) is 4.69. The van der Waals surface area contributed by atoms with Gasteiger partial charge in [0.15, 0.2) is 0 Å². The Hall–Kier alpha value is -0.440. The van der Waals surface area contributed by atoms with E-state index in [1.54, 1.807) is 0 Å². The Morgan fingerprint density at radius 2 is 1.71 bits per heavy atom. The molecule has 1 aliphatic carbocycles. The monoisotopic (exact) mass is 302 g/mol. The van der Waals surface area contributed by atoms with Crippen LogP contribution in [-0.4, -0.2) is 4.83 Å². The first-order valence-corrected chi connectivity index (χ1v) is 7.17. The minimum absolute atomic E-state index is 0.189. The molecule has 3 heteroatoms. The predicted molar refractivity (Wildman–Crippen MR) is 69.4 cm³/mol. The van der Waals surface area contributed by atoms with E-state index in [4.69, 9.17) is 0 Å². The molecule has 1 aliphatic rings. The maximum Gasteiger partial charge on any atom is 0.129 e. The maximum absolute atomic E-state index is 13.5. The lowest BCUT2D eigenvalue weighted by molar-refractivity contribution is 0.348. The van der Waals surface area contributed by atoms with Crippen LogP contribution in [0.1, 0.15) is 37.7 Å². The van der Waals surface area contributed by atoms with Gasteiger partial charge < -0.3 is 0 Å². The van der Waals surface area contributed by atoms with Crippen LogP contribution in [-0.2, 0) is 6.42 Å². The van der Waals surface area contributed by atoms with Crippen molar-refractivity contribution in [2.24, 2.45) is 5.92 Å². The van der Waals surface area contributed by atoms with E-state index in [9.17, 15) is 8.78 Å². The second-order valence-electron chi connectivity index (χ2n) is 4.82. The van der Waals surface area contributed by atoms with Crippen molar-refractivity contribution in [3.8, 4) is 0 Å². The normalized spacial score (nSPS) is 19.2. The average Bonchev–Trinajstić information content (AvgIpc) is 2.35. The summed E-state index contributed by atoms with van der Waals surface area (Å²) in [5.41, 5.74) is 0.222. The first-order valence-electron chi connectivity index (χ1n) is 6.25. The maximum atomic E-state index is 13.5. The van der Waals surface area contributed by atoms with Crippen LogP contribution in [0.5, 0.6) is 0 Å². The van der Waals surface area contributed by atoms with Gasteiger partial charge in [-0.1, -0.05) is 41.3 Å². The molecule has 1 fully saturated rings. The van der Waals surface area contributed by atoms with E-state index < -0.39 is 11.6 Å². The van der Waals surface area contributed by atoms with Gasteiger partial charge in [-0.15, -0.1) is 0 Å². The SMILES string of the molecule is Fc1cccc(F)c1CC(Br)C1CCCCC1. The molecule has 0 saturated heterocycles. The van der Waals surface area contributed by atoms with Crippen LogP contribution >= 0.6 is 15.9 Å². The minimum atomic E-state index is -0.426. The van der Waals surface area contributed by atoms with Crippen LogP contribution in [0, 0.1) is 17.6 Å². The number of halogens is 3. The summed E-state index contributed by atoms with van der Waals surface area (Å²) in [5.74, 6) is -0.293. The Balaban J connectivity index is 2.04. The van der Waals surface area contributed by atoms with Gasteiger partial charge in [0.25, 0.3) is 0 Å². The van der Waals surface area contributed by atoms with E-state index in [1.807, 2.05) is 0 Å². The molecule has 0 heterocycles. The van der Waals surface area contributed by atoms with Gasteiger partial charge in [-0.3, -0.25) is 0 Å². The molecule has 0 bridgehead atoms. The van der Waals surface area contributed by atoms with E-state index in [0.29, 0.717) is 12.3 Å². The lowest BCUT2D eigenvalue weighted by Gasteiger charge is -2.26. The molecule has 1 aromatic carbocycles. The van der Waals surface area contributed by atoms with Crippen molar-refractivity contribution in [3.63, 3.8) is 0 Å². The molecule has 1 aromatic rings.